The van der Waals surface area contributed by atoms with Crippen molar-refractivity contribution in [1.82, 2.24) is 14.7 Å². The number of imidazole rings is 1. The van der Waals surface area contributed by atoms with Crippen molar-refractivity contribution in [2.45, 2.75) is 45.6 Å². The lowest BCUT2D eigenvalue weighted by molar-refractivity contribution is -0.120. The van der Waals surface area contributed by atoms with Crippen molar-refractivity contribution >= 4 is 28.3 Å². The van der Waals surface area contributed by atoms with Crippen molar-refractivity contribution < 1.29 is 18.1 Å². The molecule has 9 heteroatoms. The first kappa shape index (κ1) is 25.4. The van der Waals surface area contributed by atoms with Crippen LogP contribution < -0.4 is 9.80 Å². The van der Waals surface area contributed by atoms with E-state index in [0.717, 1.165) is 64.5 Å². The molecule has 41 heavy (non-hydrogen) atoms. The van der Waals surface area contributed by atoms with Crippen molar-refractivity contribution in [2.75, 3.05) is 22.9 Å². The van der Waals surface area contributed by atoms with Crippen LogP contribution >= 0.6 is 0 Å². The van der Waals surface area contributed by atoms with Gasteiger partial charge in [-0.05, 0) is 87.2 Å². The van der Waals surface area contributed by atoms with Gasteiger partial charge in [-0.1, -0.05) is 11.2 Å². The van der Waals surface area contributed by atoms with Gasteiger partial charge in [-0.2, -0.15) is 0 Å². The molecule has 1 amide bonds. The molecule has 0 unspecified atom stereocenters. The molecule has 0 spiro atoms. The fraction of sp³-hybridized carbons (Fsp3) is 0.281. The molecular formula is C32H29F2N5O2. The minimum atomic E-state index is -0.987. The number of halogens is 2. The molecule has 0 bridgehead atoms. The van der Waals surface area contributed by atoms with Crippen LogP contribution in [0.25, 0.3) is 27.8 Å². The van der Waals surface area contributed by atoms with Gasteiger partial charge in [-0.3, -0.25) is 9.36 Å². The summed E-state index contributed by atoms with van der Waals surface area (Å²) in [7, 11) is 0. The molecule has 1 atom stereocenters. The summed E-state index contributed by atoms with van der Waals surface area (Å²) >= 11 is 0. The number of anilines is 2. The molecule has 7 rings (SSSR count). The molecule has 4 heterocycles. The standard InChI is InChI=1S/C32H29F2N5O2/c1-19-31(20(2)41-36-19)21-7-14-28-27(17-21)35-32(39(28)23-10-8-22(9-11-23)37-15-4-16-37)29-5-3-6-30(40)38(29)24-12-13-25(33)26(34)18-24/h7-14,17-18,29H,3-6,15-16H2,1-2H3/t29-/m0/s1. The second kappa shape index (κ2) is 9.83. The SMILES string of the molecule is Cc1noc(C)c1-c1ccc2c(c1)nc([C@@H]1CCCC(=O)N1c1ccc(F)c(F)c1)n2-c1ccc(N2CCC2)cc1. The van der Waals surface area contributed by atoms with E-state index in [1.165, 1.54) is 18.2 Å². The van der Waals surface area contributed by atoms with Crippen LogP contribution in [0.4, 0.5) is 20.2 Å². The van der Waals surface area contributed by atoms with Crippen LogP contribution in [0.15, 0.2) is 65.2 Å². The summed E-state index contributed by atoms with van der Waals surface area (Å²) in [6.07, 6.45) is 2.83. The van der Waals surface area contributed by atoms with Gasteiger partial charge in [0.25, 0.3) is 0 Å². The Morgan fingerprint density at radius 1 is 0.878 bits per heavy atom. The zero-order valence-electron chi connectivity index (χ0n) is 22.9. The lowest BCUT2D eigenvalue weighted by Gasteiger charge is -2.35. The minimum Gasteiger partial charge on any atom is -0.371 e. The van der Waals surface area contributed by atoms with E-state index in [1.807, 2.05) is 32.0 Å². The van der Waals surface area contributed by atoms with Gasteiger partial charge in [0.1, 0.15) is 11.6 Å². The Balaban J connectivity index is 1.41. The highest BCUT2D eigenvalue weighted by atomic mass is 19.2. The highest BCUT2D eigenvalue weighted by Crippen LogP contribution is 2.40. The third-order valence-corrected chi connectivity index (χ3v) is 8.26. The van der Waals surface area contributed by atoms with Crippen LogP contribution in [0, 0.1) is 25.5 Å². The molecule has 2 aromatic heterocycles. The van der Waals surface area contributed by atoms with E-state index in [-0.39, 0.29) is 5.91 Å². The van der Waals surface area contributed by atoms with E-state index in [1.54, 1.807) is 4.90 Å². The lowest BCUT2D eigenvalue weighted by atomic mass is 9.99. The number of aromatic nitrogens is 3. The van der Waals surface area contributed by atoms with Gasteiger partial charge in [-0.15, -0.1) is 0 Å². The Kier molecular flexibility index (Phi) is 6.10. The molecule has 2 saturated heterocycles. The fourth-order valence-electron chi connectivity index (χ4n) is 6.10. The minimum absolute atomic E-state index is 0.143. The highest BCUT2D eigenvalue weighted by molar-refractivity contribution is 5.95. The third-order valence-electron chi connectivity index (χ3n) is 8.26. The normalized spacial score (nSPS) is 17.4. The summed E-state index contributed by atoms with van der Waals surface area (Å²) < 4.78 is 35.7. The number of aryl methyl sites for hydroxylation is 2. The fourth-order valence-corrected chi connectivity index (χ4v) is 6.10. The average Bonchev–Trinajstić information content (AvgIpc) is 3.48. The van der Waals surface area contributed by atoms with E-state index in [4.69, 9.17) is 9.51 Å². The zero-order valence-corrected chi connectivity index (χ0v) is 22.9. The zero-order chi connectivity index (χ0) is 28.2. The first-order valence-electron chi connectivity index (χ1n) is 14.0. The quantitative estimate of drug-likeness (QED) is 0.233. The average molecular weight is 554 g/mol. The Bertz CT molecular complexity index is 1770. The predicted octanol–water partition coefficient (Wildman–Crippen LogP) is 7.04. The molecule has 7 nitrogen and oxygen atoms in total. The number of amides is 1. The van der Waals surface area contributed by atoms with Crippen molar-refractivity contribution in [3.8, 4) is 16.8 Å². The van der Waals surface area contributed by atoms with Crippen LogP contribution in [0.2, 0.25) is 0 Å². The molecule has 208 valence electrons. The van der Waals surface area contributed by atoms with Crippen LogP contribution in [-0.2, 0) is 4.79 Å². The van der Waals surface area contributed by atoms with Crippen LogP contribution in [0.5, 0.6) is 0 Å². The molecule has 3 aromatic carbocycles. The summed E-state index contributed by atoms with van der Waals surface area (Å²) in [6.45, 7) is 5.90. The first-order valence-corrected chi connectivity index (χ1v) is 14.0. The van der Waals surface area contributed by atoms with Gasteiger partial charge < -0.3 is 14.3 Å². The summed E-state index contributed by atoms with van der Waals surface area (Å²) in [5.41, 5.74) is 6.71. The molecule has 0 N–H and O–H groups in total. The van der Waals surface area contributed by atoms with E-state index < -0.39 is 17.7 Å². The van der Waals surface area contributed by atoms with Crippen molar-refractivity contribution in [2.24, 2.45) is 0 Å². The molecule has 2 aliphatic heterocycles. The van der Waals surface area contributed by atoms with Gasteiger partial charge in [0, 0.05) is 48.2 Å². The van der Waals surface area contributed by atoms with Crippen LogP contribution in [0.1, 0.15) is 49.0 Å². The maximum Gasteiger partial charge on any atom is 0.227 e. The monoisotopic (exact) mass is 553 g/mol. The number of carbonyl (C=O) groups is 1. The molecule has 0 aliphatic carbocycles. The Hall–Kier alpha value is -4.53. The number of fused-ring (bicyclic) bond motifs is 1. The third kappa shape index (κ3) is 4.27. The molecular weight excluding hydrogens is 524 g/mol. The predicted molar refractivity (Wildman–Crippen MR) is 153 cm³/mol. The summed E-state index contributed by atoms with van der Waals surface area (Å²) in [5.74, 6) is -0.679. The molecule has 5 aromatic rings. The summed E-state index contributed by atoms with van der Waals surface area (Å²) in [4.78, 5) is 22.4. The second-order valence-electron chi connectivity index (χ2n) is 10.8. The van der Waals surface area contributed by atoms with Gasteiger partial charge in [0.05, 0.1) is 22.8 Å². The molecule has 2 aliphatic rings. The number of nitrogens with zero attached hydrogens (tertiary/aromatic N) is 5. The second-order valence-corrected chi connectivity index (χ2v) is 10.8. The largest absolute Gasteiger partial charge is 0.371 e. The van der Waals surface area contributed by atoms with Crippen molar-refractivity contribution in [3.05, 3.63) is 89.6 Å². The molecule has 2 fully saturated rings. The Morgan fingerprint density at radius 3 is 2.32 bits per heavy atom. The van der Waals surface area contributed by atoms with E-state index in [2.05, 4.69) is 38.9 Å². The van der Waals surface area contributed by atoms with Gasteiger partial charge in [0.15, 0.2) is 11.6 Å². The highest BCUT2D eigenvalue weighted by Gasteiger charge is 2.35. The number of benzene rings is 3. The van der Waals surface area contributed by atoms with Gasteiger partial charge in [-0.25, -0.2) is 13.8 Å². The number of carbonyl (C=O) groups excluding carboxylic acids is 1. The van der Waals surface area contributed by atoms with Crippen molar-refractivity contribution in [3.63, 3.8) is 0 Å². The van der Waals surface area contributed by atoms with E-state index in [0.29, 0.717) is 30.8 Å². The first-order chi connectivity index (χ1) is 19.9. The Labute approximate surface area is 236 Å². The van der Waals surface area contributed by atoms with Crippen molar-refractivity contribution in [1.29, 1.82) is 0 Å². The van der Waals surface area contributed by atoms with Gasteiger partial charge in [0.2, 0.25) is 5.91 Å². The number of rotatable bonds is 5. The van der Waals surface area contributed by atoms with E-state index in [9.17, 15) is 13.6 Å². The smallest absolute Gasteiger partial charge is 0.227 e. The summed E-state index contributed by atoms with van der Waals surface area (Å²) in [6, 6.07) is 17.6. The molecule has 0 saturated carbocycles. The van der Waals surface area contributed by atoms with Crippen LogP contribution in [-0.4, -0.2) is 33.7 Å². The number of piperidine rings is 1. The topological polar surface area (TPSA) is 67.4 Å². The maximum absolute atomic E-state index is 14.3. The van der Waals surface area contributed by atoms with Crippen LogP contribution in [0.3, 0.4) is 0 Å². The van der Waals surface area contributed by atoms with E-state index >= 15 is 0 Å². The maximum atomic E-state index is 14.3. The lowest BCUT2D eigenvalue weighted by Crippen LogP contribution is -2.39. The summed E-state index contributed by atoms with van der Waals surface area (Å²) in [5, 5.41) is 4.11. The molecule has 0 radical (unpaired) electrons. The van der Waals surface area contributed by atoms with Gasteiger partial charge >= 0.3 is 0 Å². The number of hydrogen-bond acceptors (Lipinski definition) is 5. The number of hydrogen-bond donors (Lipinski definition) is 0. The Morgan fingerprint density at radius 2 is 1.63 bits per heavy atom.